The van der Waals surface area contributed by atoms with Crippen LogP contribution in [0.4, 0.5) is 4.39 Å². The molecule has 0 aliphatic carbocycles. The zero-order valence-electron chi connectivity index (χ0n) is 10.7. The van der Waals surface area contributed by atoms with Gasteiger partial charge in [-0.1, -0.05) is 0 Å². The summed E-state index contributed by atoms with van der Waals surface area (Å²) in [5.41, 5.74) is 6.80. The fourth-order valence-electron chi connectivity index (χ4n) is 1.95. The van der Waals surface area contributed by atoms with Gasteiger partial charge in [-0.15, -0.1) is 0 Å². The number of nitrogens with one attached hydrogen (secondary N) is 1. The number of hydrogen-bond acceptors (Lipinski definition) is 4. The van der Waals surface area contributed by atoms with Gasteiger partial charge in [0.05, 0.1) is 6.61 Å². The van der Waals surface area contributed by atoms with Crippen molar-refractivity contribution in [1.29, 1.82) is 0 Å². The predicted octanol–water partition coefficient (Wildman–Crippen LogP) is 1.05. The van der Waals surface area contributed by atoms with Crippen LogP contribution in [-0.2, 0) is 22.7 Å². The predicted molar refractivity (Wildman–Crippen MR) is 66.8 cm³/mol. The topological polar surface area (TPSA) is 73.6 Å². The number of carbonyl (C=O) groups excluding carboxylic acids is 1. The summed E-state index contributed by atoms with van der Waals surface area (Å²) in [6, 6.07) is 2.53. The van der Waals surface area contributed by atoms with Gasteiger partial charge < -0.3 is 20.5 Å². The lowest BCUT2D eigenvalue weighted by Crippen LogP contribution is -2.30. The summed E-state index contributed by atoms with van der Waals surface area (Å²) < 4.78 is 23.9. The lowest BCUT2D eigenvalue weighted by molar-refractivity contribution is -0.121. The third-order valence-electron chi connectivity index (χ3n) is 2.74. The Hall–Kier alpha value is -1.66. The highest BCUT2D eigenvalue weighted by molar-refractivity contribution is 5.76. The van der Waals surface area contributed by atoms with Crippen molar-refractivity contribution < 1.29 is 18.7 Å². The van der Waals surface area contributed by atoms with Crippen LogP contribution in [0.2, 0.25) is 0 Å². The number of amides is 1. The number of nitrogens with two attached hydrogens (primary N) is 1. The van der Waals surface area contributed by atoms with Crippen LogP contribution in [0.15, 0.2) is 12.1 Å². The molecule has 104 valence electrons. The minimum Gasteiger partial charge on any atom is -0.467 e. The van der Waals surface area contributed by atoms with Gasteiger partial charge in [0.2, 0.25) is 5.91 Å². The standard InChI is InChI=1S/C13H17FN2O3/c1-8(15)2-12(17)16-5-9-3-11(14)4-10-6-18-7-19-13(9)10/h3-4,8H,2,5-7,15H2,1H3,(H,16,17). The molecule has 1 atom stereocenters. The number of hydrogen-bond donors (Lipinski definition) is 2. The zero-order chi connectivity index (χ0) is 13.8. The Balaban J connectivity index is 2.07. The Kier molecular flexibility index (Phi) is 4.34. The van der Waals surface area contributed by atoms with Crippen LogP contribution in [-0.4, -0.2) is 18.7 Å². The number of rotatable bonds is 4. The van der Waals surface area contributed by atoms with Gasteiger partial charge in [0.15, 0.2) is 6.79 Å². The van der Waals surface area contributed by atoms with Crippen molar-refractivity contribution >= 4 is 5.91 Å². The molecule has 1 unspecified atom stereocenters. The molecule has 1 aliphatic rings. The Morgan fingerprint density at radius 1 is 1.58 bits per heavy atom. The Bertz CT molecular complexity index is 477. The highest BCUT2D eigenvalue weighted by Crippen LogP contribution is 2.29. The second-order valence-corrected chi connectivity index (χ2v) is 4.62. The highest BCUT2D eigenvalue weighted by atomic mass is 19.1. The van der Waals surface area contributed by atoms with Crippen molar-refractivity contribution in [3.63, 3.8) is 0 Å². The van der Waals surface area contributed by atoms with E-state index in [4.69, 9.17) is 15.2 Å². The van der Waals surface area contributed by atoms with Crippen molar-refractivity contribution in [2.45, 2.75) is 32.5 Å². The molecule has 1 aromatic carbocycles. The number of halogens is 1. The first kappa shape index (κ1) is 13.8. The average Bonchev–Trinajstić information content (AvgIpc) is 2.35. The van der Waals surface area contributed by atoms with Crippen LogP contribution < -0.4 is 15.8 Å². The minimum absolute atomic E-state index is 0.138. The monoisotopic (exact) mass is 268 g/mol. The first-order valence-corrected chi connectivity index (χ1v) is 6.10. The molecule has 0 aromatic heterocycles. The van der Waals surface area contributed by atoms with Crippen molar-refractivity contribution in [2.24, 2.45) is 5.73 Å². The third-order valence-corrected chi connectivity index (χ3v) is 2.74. The van der Waals surface area contributed by atoms with E-state index < -0.39 is 0 Å². The molecule has 0 bridgehead atoms. The first-order chi connectivity index (χ1) is 9.06. The van der Waals surface area contributed by atoms with Crippen molar-refractivity contribution in [1.82, 2.24) is 5.32 Å². The van der Waals surface area contributed by atoms with Crippen molar-refractivity contribution in [3.05, 3.63) is 29.1 Å². The van der Waals surface area contributed by atoms with Crippen LogP contribution >= 0.6 is 0 Å². The maximum Gasteiger partial charge on any atom is 0.221 e. The van der Waals surface area contributed by atoms with Gasteiger partial charge >= 0.3 is 0 Å². The van der Waals surface area contributed by atoms with Crippen molar-refractivity contribution in [2.75, 3.05) is 6.79 Å². The lowest BCUT2D eigenvalue weighted by Gasteiger charge is -2.21. The van der Waals surface area contributed by atoms with E-state index in [2.05, 4.69) is 5.32 Å². The summed E-state index contributed by atoms with van der Waals surface area (Å²) in [4.78, 5) is 11.5. The fourth-order valence-corrected chi connectivity index (χ4v) is 1.95. The summed E-state index contributed by atoms with van der Waals surface area (Å²) in [7, 11) is 0. The summed E-state index contributed by atoms with van der Waals surface area (Å²) >= 11 is 0. The molecule has 0 radical (unpaired) electrons. The van der Waals surface area contributed by atoms with Gasteiger partial charge in [-0.05, 0) is 19.1 Å². The maximum absolute atomic E-state index is 13.4. The average molecular weight is 268 g/mol. The second-order valence-electron chi connectivity index (χ2n) is 4.62. The fraction of sp³-hybridized carbons (Fsp3) is 0.462. The Labute approximate surface area is 110 Å². The van der Waals surface area contributed by atoms with Gasteiger partial charge in [-0.25, -0.2) is 4.39 Å². The number of benzene rings is 1. The molecule has 0 spiro atoms. The van der Waals surface area contributed by atoms with Crippen LogP contribution in [0.1, 0.15) is 24.5 Å². The largest absolute Gasteiger partial charge is 0.467 e. The number of fused-ring (bicyclic) bond motifs is 1. The van der Waals surface area contributed by atoms with E-state index in [0.29, 0.717) is 23.5 Å². The normalized spacial score (nSPS) is 15.3. The molecule has 1 aromatic rings. The van der Waals surface area contributed by atoms with Gasteiger partial charge in [0, 0.05) is 30.1 Å². The molecule has 1 amide bonds. The molecule has 0 saturated carbocycles. The smallest absolute Gasteiger partial charge is 0.221 e. The molecular formula is C13H17FN2O3. The molecule has 6 heteroatoms. The molecule has 2 rings (SSSR count). The van der Waals surface area contributed by atoms with Crippen LogP contribution in [0.3, 0.4) is 0 Å². The van der Waals surface area contributed by atoms with Gasteiger partial charge in [0.1, 0.15) is 11.6 Å². The molecular weight excluding hydrogens is 251 g/mol. The lowest BCUT2D eigenvalue weighted by atomic mass is 10.1. The summed E-state index contributed by atoms with van der Waals surface area (Å²) in [5.74, 6) is 0.0538. The Morgan fingerprint density at radius 2 is 2.37 bits per heavy atom. The van der Waals surface area contributed by atoms with Crippen molar-refractivity contribution in [3.8, 4) is 5.75 Å². The maximum atomic E-state index is 13.4. The second kappa shape index (κ2) is 5.99. The molecule has 1 aliphatic heterocycles. The SMILES string of the molecule is CC(N)CC(=O)NCc1cc(F)cc2c1OCOC2. The number of ether oxygens (including phenoxy) is 2. The quantitative estimate of drug-likeness (QED) is 0.856. The third kappa shape index (κ3) is 3.65. The van der Waals surface area contributed by atoms with Gasteiger partial charge in [-0.3, -0.25) is 4.79 Å². The van der Waals surface area contributed by atoms with E-state index in [0.717, 1.165) is 0 Å². The molecule has 5 nitrogen and oxygen atoms in total. The van der Waals surface area contributed by atoms with E-state index in [9.17, 15) is 9.18 Å². The molecule has 1 heterocycles. The van der Waals surface area contributed by atoms with Crippen LogP contribution in [0, 0.1) is 5.82 Å². The van der Waals surface area contributed by atoms with Crippen LogP contribution in [0.25, 0.3) is 0 Å². The van der Waals surface area contributed by atoms with Crippen LogP contribution in [0.5, 0.6) is 5.75 Å². The molecule has 19 heavy (non-hydrogen) atoms. The van der Waals surface area contributed by atoms with E-state index in [1.54, 1.807) is 6.92 Å². The van der Waals surface area contributed by atoms with E-state index in [1.165, 1.54) is 12.1 Å². The zero-order valence-corrected chi connectivity index (χ0v) is 10.7. The highest BCUT2D eigenvalue weighted by Gasteiger charge is 2.17. The van der Waals surface area contributed by atoms with E-state index >= 15 is 0 Å². The summed E-state index contributed by atoms with van der Waals surface area (Å²) in [6.07, 6.45) is 0.238. The molecule has 3 N–H and O–H groups in total. The molecule has 0 fully saturated rings. The minimum atomic E-state index is -0.371. The Morgan fingerprint density at radius 3 is 3.11 bits per heavy atom. The van der Waals surface area contributed by atoms with Gasteiger partial charge in [-0.2, -0.15) is 0 Å². The molecule has 0 saturated heterocycles. The van der Waals surface area contributed by atoms with Gasteiger partial charge in [0.25, 0.3) is 0 Å². The summed E-state index contributed by atoms with van der Waals surface area (Å²) in [5, 5.41) is 2.70. The first-order valence-electron chi connectivity index (χ1n) is 6.10. The summed E-state index contributed by atoms with van der Waals surface area (Å²) in [6.45, 7) is 2.42. The number of carbonyl (C=O) groups is 1. The van der Waals surface area contributed by atoms with E-state index in [-0.39, 0.29) is 37.5 Å². The van der Waals surface area contributed by atoms with E-state index in [1.807, 2.05) is 0 Å².